The summed E-state index contributed by atoms with van der Waals surface area (Å²) in [4.78, 5) is 22.4. The van der Waals surface area contributed by atoms with Crippen LogP contribution in [-0.2, 0) is 11.2 Å². The SMILES string of the molecule is Cc1nc2ccc(CC(=O)N3CC4CCCC(C4)C3)cc2[nH]1. The van der Waals surface area contributed by atoms with Crippen LogP contribution in [0.3, 0.4) is 0 Å². The van der Waals surface area contributed by atoms with Gasteiger partial charge in [0.2, 0.25) is 5.91 Å². The van der Waals surface area contributed by atoms with Crippen LogP contribution in [0.4, 0.5) is 0 Å². The molecule has 22 heavy (non-hydrogen) atoms. The molecule has 2 unspecified atom stereocenters. The maximum Gasteiger partial charge on any atom is 0.227 e. The number of imidazole rings is 1. The minimum absolute atomic E-state index is 0.284. The van der Waals surface area contributed by atoms with Crippen LogP contribution in [0.5, 0.6) is 0 Å². The molecule has 2 fully saturated rings. The van der Waals surface area contributed by atoms with Gasteiger partial charge in [0.05, 0.1) is 17.5 Å². The molecule has 4 nitrogen and oxygen atoms in total. The number of aryl methyl sites for hydroxylation is 1. The van der Waals surface area contributed by atoms with Crippen LogP contribution < -0.4 is 0 Å². The minimum Gasteiger partial charge on any atom is -0.342 e. The highest BCUT2D eigenvalue weighted by molar-refractivity contribution is 5.82. The lowest BCUT2D eigenvalue weighted by Gasteiger charge is -2.41. The number of fused-ring (bicyclic) bond motifs is 3. The van der Waals surface area contributed by atoms with Crippen LogP contribution in [0.25, 0.3) is 11.0 Å². The van der Waals surface area contributed by atoms with Gasteiger partial charge in [-0.3, -0.25) is 4.79 Å². The van der Waals surface area contributed by atoms with Crippen molar-refractivity contribution in [2.45, 2.75) is 39.0 Å². The molecule has 1 aliphatic carbocycles. The van der Waals surface area contributed by atoms with Crippen molar-refractivity contribution in [2.75, 3.05) is 13.1 Å². The van der Waals surface area contributed by atoms with E-state index in [1.807, 2.05) is 19.1 Å². The van der Waals surface area contributed by atoms with E-state index in [-0.39, 0.29) is 5.91 Å². The summed E-state index contributed by atoms with van der Waals surface area (Å²) in [6.07, 6.45) is 5.81. The van der Waals surface area contributed by atoms with Crippen molar-refractivity contribution in [1.29, 1.82) is 0 Å². The summed E-state index contributed by atoms with van der Waals surface area (Å²) in [6.45, 7) is 3.90. The lowest BCUT2D eigenvalue weighted by atomic mass is 9.78. The molecule has 2 aliphatic rings. The summed E-state index contributed by atoms with van der Waals surface area (Å²) < 4.78 is 0. The standard InChI is InChI=1S/C18H23N3O/c1-12-19-16-6-5-13(8-17(16)20-12)9-18(22)21-10-14-3-2-4-15(7-14)11-21/h5-6,8,14-15H,2-4,7,9-11H2,1H3,(H,19,20). The van der Waals surface area contributed by atoms with E-state index < -0.39 is 0 Å². The van der Waals surface area contributed by atoms with Crippen molar-refractivity contribution < 1.29 is 4.79 Å². The Kier molecular flexibility index (Phi) is 3.40. The van der Waals surface area contributed by atoms with Crippen molar-refractivity contribution in [3.8, 4) is 0 Å². The fourth-order valence-corrected chi connectivity index (χ4v) is 4.22. The number of rotatable bonds is 2. The van der Waals surface area contributed by atoms with E-state index in [1.54, 1.807) is 0 Å². The van der Waals surface area contributed by atoms with Crippen molar-refractivity contribution in [1.82, 2.24) is 14.9 Å². The average Bonchev–Trinajstić information content (AvgIpc) is 2.86. The van der Waals surface area contributed by atoms with Gasteiger partial charge in [-0.1, -0.05) is 12.5 Å². The molecular weight excluding hydrogens is 274 g/mol. The Morgan fingerprint density at radius 3 is 2.86 bits per heavy atom. The third-order valence-corrected chi connectivity index (χ3v) is 5.22. The van der Waals surface area contributed by atoms with Crippen molar-refractivity contribution in [3.05, 3.63) is 29.6 Å². The lowest BCUT2D eigenvalue weighted by molar-refractivity contribution is -0.134. The van der Waals surface area contributed by atoms with Crippen molar-refractivity contribution in [3.63, 3.8) is 0 Å². The largest absolute Gasteiger partial charge is 0.342 e. The molecule has 2 atom stereocenters. The van der Waals surface area contributed by atoms with Gasteiger partial charge in [0.25, 0.3) is 0 Å². The molecule has 2 bridgehead atoms. The zero-order valence-corrected chi connectivity index (χ0v) is 13.1. The molecule has 0 spiro atoms. The molecular formula is C18H23N3O. The molecule has 1 saturated heterocycles. The predicted octanol–water partition coefficient (Wildman–Crippen LogP) is 3.06. The van der Waals surface area contributed by atoms with E-state index in [2.05, 4.69) is 20.9 Å². The monoisotopic (exact) mass is 297 g/mol. The molecule has 2 heterocycles. The minimum atomic E-state index is 0.284. The highest BCUT2D eigenvalue weighted by Crippen LogP contribution is 2.34. The first-order chi connectivity index (χ1) is 10.7. The number of aromatic amines is 1. The maximum atomic E-state index is 12.6. The summed E-state index contributed by atoms with van der Waals surface area (Å²) in [5.74, 6) is 2.69. The van der Waals surface area contributed by atoms with Gasteiger partial charge < -0.3 is 9.88 Å². The Balaban J connectivity index is 1.48. The Hall–Kier alpha value is -1.84. The number of aromatic nitrogens is 2. The van der Waals surface area contributed by atoms with E-state index >= 15 is 0 Å². The third kappa shape index (κ3) is 2.62. The van der Waals surface area contributed by atoms with Crippen LogP contribution in [-0.4, -0.2) is 33.9 Å². The number of H-pyrrole nitrogens is 1. The average molecular weight is 297 g/mol. The van der Waals surface area contributed by atoms with Gasteiger partial charge in [0.15, 0.2) is 0 Å². The number of benzene rings is 1. The molecule has 116 valence electrons. The van der Waals surface area contributed by atoms with Gasteiger partial charge in [0.1, 0.15) is 5.82 Å². The zero-order chi connectivity index (χ0) is 15.1. The first kappa shape index (κ1) is 13.8. The highest BCUT2D eigenvalue weighted by Gasteiger charge is 2.32. The summed E-state index contributed by atoms with van der Waals surface area (Å²) >= 11 is 0. The van der Waals surface area contributed by atoms with Crippen molar-refractivity contribution in [2.24, 2.45) is 11.8 Å². The summed E-state index contributed by atoms with van der Waals surface area (Å²) in [5, 5.41) is 0. The van der Waals surface area contributed by atoms with Crippen LogP contribution >= 0.6 is 0 Å². The number of piperidine rings is 1. The number of hydrogen-bond acceptors (Lipinski definition) is 2. The third-order valence-electron chi connectivity index (χ3n) is 5.22. The smallest absolute Gasteiger partial charge is 0.227 e. The predicted molar refractivity (Wildman–Crippen MR) is 86.6 cm³/mol. The first-order valence-electron chi connectivity index (χ1n) is 8.40. The molecule has 4 heteroatoms. The van der Waals surface area contributed by atoms with E-state index in [9.17, 15) is 4.79 Å². The molecule has 1 amide bonds. The van der Waals surface area contributed by atoms with Gasteiger partial charge in [-0.15, -0.1) is 0 Å². The molecule has 1 N–H and O–H groups in total. The molecule has 2 aromatic rings. The second-order valence-corrected chi connectivity index (χ2v) is 7.05. The summed E-state index contributed by atoms with van der Waals surface area (Å²) in [5.41, 5.74) is 3.08. The number of nitrogens with zero attached hydrogens (tertiary/aromatic N) is 2. The van der Waals surface area contributed by atoms with E-state index in [0.29, 0.717) is 6.42 Å². The normalized spacial score (nSPS) is 24.7. The van der Waals surface area contributed by atoms with Gasteiger partial charge >= 0.3 is 0 Å². The Bertz CT molecular complexity index is 693. The molecule has 1 aromatic carbocycles. The molecule has 4 rings (SSSR count). The second-order valence-electron chi connectivity index (χ2n) is 7.05. The molecule has 1 aromatic heterocycles. The first-order valence-corrected chi connectivity index (χ1v) is 8.40. The topological polar surface area (TPSA) is 49.0 Å². The van der Waals surface area contributed by atoms with Gasteiger partial charge in [-0.2, -0.15) is 0 Å². The molecule has 1 aliphatic heterocycles. The van der Waals surface area contributed by atoms with Crippen LogP contribution in [0.1, 0.15) is 37.1 Å². The quantitative estimate of drug-likeness (QED) is 0.926. The number of carbonyl (C=O) groups is 1. The van der Waals surface area contributed by atoms with Crippen LogP contribution in [0.15, 0.2) is 18.2 Å². The number of nitrogens with one attached hydrogen (secondary N) is 1. The molecule has 1 saturated carbocycles. The van der Waals surface area contributed by atoms with Crippen molar-refractivity contribution >= 4 is 16.9 Å². The number of hydrogen-bond donors (Lipinski definition) is 1. The van der Waals surface area contributed by atoms with Crippen LogP contribution in [0.2, 0.25) is 0 Å². The maximum absolute atomic E-state index is 12.6. The van der Waals surface area contributed by atoms with Gasteiger partial charge in [-0.25, -0.2) is 4.98 Å². The fraction of sp³-hybridized carbons (Fsp3) is 0.556. The Labute approximate surface area is 130 Å². The number of amides is 1. The van der Waals surface area contributed by atoms with E-state index in [0.717, 1.165) is 47.3 Å². The van der Waals surface area contributed by atoms with Gasteiger partial charge in [-0.05, 0) is 55.7 Å². The lowest BCUT2D eigenvalue weighted by Crippen LogP contribution is -2.46. The van der Waals surface area contributed by atoms with Crippen LogP contribution in [0, 0.1) is 18.8 Å². The Morgan fingerprint density at radius 2 is 2.09 bits per heavy atom. The molecule has 0 radical (unpaired) electrons. The second kappa shape index (κ2) is 5.41. The fourth-order valence-electron chi connectivity index (χ4n) is 4.22. The summed E-state index contributed by atoms with van der Waals surface area (Å²) in [7, 11) is 0. The van der Waals surface area contributed by atoms with Gasteiger partial charge in [0, 0.05) is 13.1 Å². The Morgan fingerprint density at radius 1 is 1.32 bits per heavy atom. The highest BCUT2D eigenvalue weighted by atomic mass is 16.2. The summed E-state index contributed by atoms with van der Waals surface area (Å²) in [6, 6.07) is 6.11. The number of likely N-dealkylation sites (tertiary alicyclic amines) is 1. The number of carbonyl (C=O) groups excluding carboxylic acids is 1. The van der Waals surface area contributed by atoms with E-state index in [4.69, 9.17) is 0 Å². The van der Waals surface area contributed by atoms with E-state index in [1.165, 1.54) is 25.7 Å². The zero-order valence-electron chi connectivity index (χ0n) is 13.1.